The lowest BCUT2D eigenvalue weighted by molar-refractivity contribution is 0.0528. The maximum absolute atomic E-state index is 13.4. The summed E-state index contributed by atoms with van der Waals surface area (Å²) in [6.45, 7) is 7.61. The number of rotatable bonds is 9. The van der Waals surface area contributed by atoms with Gasteiger partial charge in [0.15, 0.2) is 22.7 Å². The topological polar surface area (TPSA) is 145 Å². The zero-order valence-electron chi connectivity index (χ0n) is 25.5. The number of anilines is 2. The van der Waals surface area contributed by atoms with Crippen LogP contribution in [0.4, 0.5) is 16.2 Å². The molecule has 3 amide bonds. The molecule has 230 valence electrons. The van der Waals surface area contributed by atoms with Crippen molar-refractivity contribution >= 4 is 40.3 Å². The lowest BCUT2D eigenvalue weighted by atomic mass is 10.1. The van der Waals surface area contributed by atoms with Crippen LogP contribution in [0.2, 0.25) is 0 Å². The molecule has 11 heteroatoms. The predicted molar refractivity (Wildman–Crippen MR) is 167 cm³/mol. The number of fused-ring (bicyclic) bond motifs is 1. The van der Waals surface area contributed by atoms with Crippen LogP contribution in [0.1, 0.15) is 52.8 Å². The van der Waals surface area contributed by atoms with Crippen molar-refractivity contribution in [1.29, 1.82) is 0 Å². The normalized spacial score (nSPS) is 11.0. The number of carbonyl (C=O) groups excluding carboxylic acids is 3. The molecule has 1 heterocycles. The molecule has 44 heavy (non-hydrogen) atoms. The summed E-state index contributed by atoms with van der Waals surface area (Å²) in [7, 11) is 2.86. The van der Waals surface area contributed by atoms with E-state index in [9.17, 15) is 19.2 Å². The maximum Gasteiger partial charge on any atom is 0.407 e. The first-order valence-corrected chi connectivity index (χ1v) is 13.9. The predicted octanol–water partition coefficient (Wildman–Crippen LogP) is 5.69. The molecule has 0 aliphatic rings. The molecule has 0 saturated heterocycles. The minimum Gasteiger partial charge on any atom is -0.493 e. The van der Waals surface area contributed by atoms with Crippen LogP contribution in [0.25, 0.3) is 11.0 Å². The standard InChI is InChI=1S/C33H35N3O8/c1-19-7-12-22-25(37)18-29(43-26(22)15-19)31(39)36-24-17-28(42-6)27(41-5)16-23(24)30(38)35-21-10-8-20(9-11-21)13-14-34-32(40)44-33(2,3)4/h7-12,15-18H,13-14H2,1-6H3,(H,34,40)(H,35,38)(H,36,39). The third-order valence-electron chi connectivity index (χ3n) is 6.42. The smallest absolute Gasteiger partial charge is 0.407 e. The first kappa shape index (κ1) is 31.6. The number of ether oxygens (including phenoxy) is 3. The Kier molecular flexibility index (Phi) is 9.57. The van der Waals surface area contributed by atoms with Gasteiger partial charge in [-0.25, -0.2) is 4.79 Å². The monoisotopic (exact) mass is 601 g/mol. The van der Waals surface area contributed by atoms with Gasteiger partial charge in [-0.05, 0) is 75.6 Å². The molecule has 0 bridgehead atoms. The second kappa shape index (κ2) is 13.3. The number of methoxy groups -OCH3 is 2. The quantitative estimate of drug-likeness (QED) is 0.222. The molecule has 0 spiro atoms. The van der Waals surface area contributed by atoms with E-state index < -0.39 is 23.5 Å². The van der Waals surface area contributed by atoms with Gasteiger partial charge in [-0.15, -0.1) is 0 Å². The summed E-state index contributed by atoms with van der Waals surface area (Å²) in [6, 6.07) is 16.2. The average Bonchev–Trinajstić information content (AvgIpc) is 2.96. The maximum atomic E-state index is 13.4. The number of amides is 3. The molecule has 4 aromatic rings. The molecule has 0 saturated carbocycles. The highest BCUT2D eigenvalue weighted by Gasteiger charge is 2.21. The minimum atomic E-state index is -0.726. The largest absolute Gasteiger partial charge is 0.493 e. The van der Waals surface area contributed by atoms with Crippen LogP contribution in [0, 0.1) is 6.92 Å². The summed E-state index contributed by atoms with van der Waals surface area (Å²) in [4.78, 5) is 51.2. The number of alkyl carbamates (subject to hydrolysis) is 1. The van der Waals surface area contributed by atoms with Crippen LogP contribution >= 0.6 is 0 Å². The minimum absolute atomic E-state index is 0.0839. The van der Waals surface area contributed by atoms with E-state index in [4.69, 9.17) is 18.6 Å². The van der Waals surface area contributed by atoms with E-state index in [1.165, 1.54) is 26.4 Å². The van der Waals surface area contributed by atoms with Crippen LogP contribution in [0.15, 0.2) is 69.9 Å². The molecule has 11 nitrogen and oxygen atoms in total. The Morgan fingerprint density at radius 1 is 0.841 bits per heavy atom. The Morgan fingerprint density at radius 2 is 1.52 bits per heavy atom. The first-order valence-electron chi connectivity index (χ1n) is 13.9. The van der Waals surface area contributed by atoms with Crippen LogP contribution in [0.5, 0.6) is 11.5 Å². The van der Waals surface area contributed by atoms with Gasteiger partial charge in [-0.3, -0.25) is 14.4 Å². The van der Waals surface area contributed by atoms with Crippen LogP contribution in [-0.4, -0.2) is 44.3 Å². The molecular weight excluding hydrogens is 566 g/mol. The number of hydrogen-bond donors (Lipinski definition) is 3. The van der Waals surface area contributed by atoms with E-state index in [2.05, 4.69) is 16.0 Å². The van der Waals surface area contributed by atoms with Crippen molar-refractivity contribution in [3.05, 3.63) is 93.3 Å². The van der Waals surface area contributed by atoms with Gasteiger partial charge in [0.05, 0.1) is 30.9 Å². The molecule has 0 atom stereocenters. The van der Waals surface area contributed by atoms with Gasteiger partial charge < -0.3 is 34.6 Å². The van der Waals surface area contributed by atoms with Gasteiger partial charge in [0.1, 0.15) is 11.2 Å². The number of carbonyl (C=O) groups is 3. The summed E-state index contributed by atoms with van der Waals surface area (Å²) >= 11 is 0. The number of hydrogen-bond acceptors (Lipinski definition) is 8. The fraction of sp³-hybridized carbons (Fsp3) is 0.273. The lowest BCUT2D eigenvalue weighted by Crippen LogP contribution is -2.33. The van der Waals surface area contributed by atoms with E-state index in [1.54, 1.807) is 51.1 Å². The zero-order valence-corrected chi connectivity index (χ0v) is 25.5. The zero-order chi connectivity index (χ0) is 32.0. The van der Waals surface area contributed by atoms with Crippen molar-refractivity contribution in [2.24, 2.45) is 0 Å². The molecule has 4 rings (SSSR count). The van der Waals surface area contributed by atoms with Gasteiger partial charge >= 0.3 is 6.09 Å². The molecule has 0 radical (unpaired) electrons. The summed E-state index contributed by atoms with van der Waals surface area (Å²) in [5.74, 6) is -0.922. The first-order chi connectivity index (χ1) is 20.9. The Hall–Kier alpha value is -5.32. The van der Waals surface area contributed by atoms with E-state index in [1.807, 2.05) is 19.1 Å². The molecule has 0 unspecified atom stereocenters. The second-order valence-electron chi connectivity index (χ2n) is 11.0. The average molecular weight is 602 g/mol. The van der Waals surface area contributed by atoms with Crippen molar-refractivity contribution < 1.29 is 33.0 Å². The number of benzene rings is 3. The van der Waals surface area contributed by atoms with Gasteiger partial charge in [-0.1, -0.05) is 18.2 Å². The van der Waals surface area contributed by atoms with Crippen LogP contribution < -0.4 is 30.9 Å². The summed E-state index contributed by atoms with van der Waals surface area (Å²) in [6.07, 6.45) is 0.0705. The molecule has 3 aromatic carbocycles. The molecule has 0 fully saturated rings. The SMILES string of the molecule is COc1cc(NC(=O)c2cc(=O)c3ccc(C)cc3o2)c(C(=O)Nc2ccc(CCNC(=O)OC(C)(C)C)cc2)cc1OC. The highest BCUT2D eigenvalue weighted by atomic mass is 16.6. The van der Waals surface area contributed by atoms with Crippen LogP contribution in [0.3, 0.4) is 0 Å². The van der Waals surface area contributed by atoms with Gasteiger partial charge in [0, 0.05) is 24.4 Å². The third-order valence-corrected chi connectivity index (χ3v) is 6.42. The number of aryl methyl sites for hydroxylation is 1. The highest BCUT2D eigenvalue weighted by Crippen LogP contribution is 2.34. The van der Waals surface area contributed by atoms with E-state index >= 15 is 0 Å². The van der Waals surface area contributed by atoms with E-state index in [0.29, 0.717) is 24.0 Å². The summed E-state index contributed by atoms with van der Waals surface area (Å²) in [5, 5.41) is 8.55. The van der Waals surface area contributed by atoms with Crippen LogP contribution in [-0.2, 0) is 11.2 Å². The van der Waals surface area contributed by atoms with Gasteiger partial charge in [0.2, 0.25) is 0 Å². The molecule has 0 aliphatic heterocycles. The van der Waals surface area contributed by atoms with Crippen molar-refractivity contribution in [3.8, 4) is 11.5 Å². The highest BCUT2D eigenvalue weighted by molar-refractivity contribution is 6.12. The Labute approximate surface area is 254 Å². The Morgan fingerprint density at radius 3 is 2.18 bits per heavy atom. The molecule has 3 N–H and O–H groups in total. The van der Waals surface area contributed by atoms with Gasteiger partial charge in [0.25, 0.3) is 11.8 Å². The summed E-state index contributed by atoms with van der Waals surface area (Å²) in [5.41, 5.74) is 1.83. The molecule has 1 aromatic heterocycles. The van der Waals surface area contributed by atoms with E-state index in [0.717, 1.165) is 17.2 Å². The van der Waals surface area contributed by atoms with E-state index in [-0.39, 0.29) is 39.5 Å². The summed E-state index contributed by atoms with van der Waals surface area (Å²) < 4.78 is 21.7. The van der Waals surface area contributed by atoms with Crippen molar-refractivity contribution in [1.82, 2.24) is 5.32 Å². The third kappa shape index (κ3) is 7.94. The van der Waals surface area contributed by atoms with Crippen molar-refractivity contribution in [2.75, 3.05) is 31.4 Å². The Bertz CT molecular complexity index is 1750. The van der Waals surface area contributed by atoms with Crippen molar-refractivity contribution in [2.45, 2.75) is 39.7 Å². The second-order valence-corrected chi connectivity index (χ2v) is 11.0. The fourth-order valence-corrected chi connectivity index (χ4v) is 4.30. The number of nitrogens with one attached hydrogen (secondary N) is 3. The van der Waals surface area contributed by atoms with Gasteiger partial charge in [-0.2, -0.15) is 0 Å². The molecule has 0 aliphatic carbocycles. The molecular formula is C33H35N3O8. The lowest BCUT2D eigenvalue weighted by Gasteiger charge is -2.19. The Balaban J connectivity index is 1.52. The van der Waals surface area contributed by atoms with Crippen molar-refractivity contribution in [3.63, 3.8) is 0 Å². The fourth-order valence-electron chi connectivity index (χ4n) is 4.30.